The highest BCUT2D eigenvalue weighted by Gasteiger charge is 2.47. The van der Waals surface area contributed by atoms with Crippen LogP contribution in [0.25, 0.3) is 21.5 Å². The number of hydrogen-bond acceptors (Lipinski definition) is 19. The van der Waals surface area contributed by atoms with Crippen molar-refractivity contribution < 1.29 is 100 Å². The molecule has 0 spiro atoms. The maximum Gasteiger partial charge on any atom is 0.305 e. The van der Waals surface area contributed by atoms with E-state index in [0.717, 1.165) is 12.1 Å². The summed E-state index contributed by atoms with van der Waals surface area (Å²) in [4.78, 5) is 96.8. The van der Waals surface area contributed by atoms with Crippen LogP contribution in [-0.2, 0) is 91.3 Å². The molecule has 36 heteroatoms. The average Bonchev–Trinajstić information content (AvgIpc) is 1.38. The maximum atomic E-state index is 14.3. The summed E-state index contributed by atoms with van der Waals surface area (Å²) in [5.41, 5.74) is 12.7. The van der Waals surface area contributed by atoms with Gasteiger partial charge in [-0.25, -0.2) is 8.42 Å². The van der Waals surface area contributed by atoms with Crippen molar-refractivity contribution in [1.29, 1.82) is 0 Å². The molecule has 3 aliphatic heterocycles. The normalized spacial score (nSPS) is 19.5. The lowest BCUT2D eigenvalue weighted by molar-refractivity contribution is -0.438. The van der Waals surface area contributed by atoms with Crippen molar-refractivity contribution in [3.8, 4) is 5.75 Å². The van der Waals surface area contributed by atoms with Crippen LogP contribution in [0.15, 0.2) is 133 Å². The number of nitrogens with two attached hydrogens (primary N) is 2. The molecule has 32 nitrogen and oxygen atoms in total. The van der Waals surface area contributed by atoms with Crippen LogP contribution in [0.3, 0.4) is 0 Å². The van der Waals surface area contributed by atoms with Crippen LogP contribution in [0, 0.1) is 0 Å². The van der Waals surface area contributed by atoms with Gasteiger partial charge in [-0.3, -0.25) is 52.2 Å². The fourth-order valence-electron chi connectivity index (χ4n) is 13.3. The number of anilines is 1. The van der Waals surface area contributed by atoms with Crippen LogP contribution in [-0.4, -0.2) is 177 Å². The summed E-state index contributed by atoms with van der Waals surface area (Å²) in [6.45, 7) is 9.26. The van der Waals surface area contributed by atoms with Crippen LogP contribution < -0.4 is 48.3 Å². The number of nitrogens with zero attached hydrogens (tertiary/aromatic N) is 3. The van der Waals surface area contributed by atoms with E-state index in [4.69, 9.17) is 11.5 Å². The highest BCUT2D eigenvalue weighted by molar-refractivity contribution is 7.87. The number of carboxylic acid groups (broad SMARTS) is 1. The average molecular weight is 1520 g/mol. The number of aromatic hydroxyl groups is 1. The van der Waals surface area contributed by atoms with Gasteiger partial charge < -0.3 is 63.0 Å². The zero-order valence-corrected chi connectivity index (χ0v) is 60.6. The molecule has 3 aliphatic rings. The number of aliphatic imine (C=N–C) groups is 1. The van der Waals surface area contributed by atoms with Crippen molar-refractivity contribution in [2.24, 2.45) is 16.5 Å². The summed E-state index contributed by atoms with van der Waals surface area (Å²) >= 11 is 0. The molecule has 0 saturated carbocycles. The molecule has 15 N–H and O–H groups in total. The van der Waals surface area contributed by atoms with Crippen LogP contribution in [0.4, 0.5) is 11.4 Å². The second-order valence-electron chi connectivity index (χ2n) is 26.3. The predicted molar refractivity (Wildman–Crippen MR) is 381 cm³/mol. The monoisotopic (exact) mass is 1520 g/mol. The number of unbranched alkanes of at least 4 members (excludes halogenated alkanes) is 3. The summed E-state index contributed by atoms with van der Waals surface area (Å²) in [6.07, 6.45) is 9.50. The highest BCUT2D eigenvalue weighted by Crippen LogP contribution is 2.52. The molecule has 8 rings (SSSR count). The van der Waals surface area contributed by atoms with E-state index in [1.165, 1.54) is 36.4 Å². The number of hydrogen-bond donors (Lipinski definition) is 13. The number of carboxylic acids is 1. The molecule has 6 amide bonds. The van der Waals surface area contributed by atoms with Crippen molar-refractivity contribution in [2.45, 2.75) is 160 Å². The van der Waals surface area contributed by atoms with E-state index in [1.54, 1.807) is 42.5 Å². The molecule has 1 fully saturated rings. The quantitative estimate of drug-likeness (QED) is 0.00896. The Labute approximate surface area is 600 Å². The van der Waals surface area contributed by atoms with Gasteiger partial charge in [-0.2, -0.15) is 29.8 Å². The van der Waals surface area contributed by atoms with Gasteiger partial charge in [0.1, 0.15) is 51.5 Å². The van der Waals surface area contributed by atoms with Gasteiger partial charge in [0.15, 0.2) is 11.7 Å². The van der Waals surface area contributed by atoms with Crippen LogP contribution in [0.5, 0.6) is 5.75 Å². The minimum atomic E-state index is -5.24. The lowest BCUT2D eigenvalue weighted by atomic mass is 9.79. The Morgan fingerprint density at radius 2 is 1.25 bits per heavy atom. The Morgan fingerprint density at radius 3 is 1.87 bits per heavy atom. The first kappa shape index (κ1) is 80.0. The van der Waals surface area contributed by atoms with Gasteiger partial charge in [-0.1, -0.05) is 50.3 Å². The van der Waals surface area contributed by atoms with Crippen molar-refractivity contribution in [3.63, 3.8) is 0 Å². The third-order valence-electron chi connectivity index (χ3n) is 18.2. The fourth-order valence-corrected chi connectivity index (χ4v) is 16.0. The zero-order valence-electron chi connectivity index (χ0n) is 57.3. The number of guanidine groups is 1. The lowest BCUT2D eigenvalue weighted by Crippen LogP contribution is -2.58. The Hall–Kier alpha value is -9.69. The summed E-state index contributed by atoms with van der Waals surface area (Å²) in [7, 11) is -20.3. The Morgan fingerprint density at radius 1 is 0.663 bits per heavy atom. The first-order valence-corrected chi connectivity index (χ1v) is 38.7. The fraction of sp³-hybridized carbons (Fsp3) is 0.397. The third kappa shape index (κ3) is 19.2. The molecule has 560 valence electrons. The van der Waals surface area contributed by atoms with Crippen molar-refractivity contribution in [1.82, 2.24) is 31.9 Å². The number of phenolic OH excluding ortho intramolecular Hbond substituents is 1. The predicted octanol–water partition coefficient (Wildman–Crippen LogP) is 3.22. The number of carbonyl (C=O) groups is 7. The van der Waals surface area contributed by atoms with Crippen LogP contribution in [0.1, 0.15) is 116 Å². The smallest absolute Gasteiger partial charge is 0.305 e. The SMILES string of the molecule is CCN1\C(=C/C=C/C=C/C2=[N+](CCCCCC(=O)NCCCC[C@@H]3NC(=O)[C@@H](Cc4ccc(O)cc4)NC(=O)[C@H](CC(=O)O)NC(=O)CNC(=O)[C@H](CCCN=C(N)N)NC3=O)c3ccc4c(S(=O)(=O)O)cc(S(=O)(=O)O)cc4c3C2(C)C)C(C)(C)c2c1ccc1c(S(=O)(=O)[O-])cc(S(=O)(=O)O)cc21. The summed E-state index contributed by atoms with van der Waals surface area (Å²) in [5, 5.41) is 35.0. The van der Waals surface area contributed by atoms with Gasteiger partial charge in [-0.05, 0) is 148 Å². The molecule has 0 unspecified atom stereocenters. The number of fused-ring (bicyclic) bond motifs is 6. The van der Waals surface area contributed by atoms with Crippen molar-refractivity contribution >= 4 is 126 Å². The van der Waals surface area contributed by atoms with Crippen molar-refractivity contribution in [2.75, 3.05) is 37.6 Å². The number of rotatable bonds is 27. The van der Waals surface area contributed by atoms with Crippen LogP contribution in [0.2, 0.25) is 0 Å². The van der Waals surface area contributed by atoms with Gasteiger partial charge in [-0.15, -0.1) is 0 Å². The molecule has 4 atom stereocenters. The van der Waals surface area contributed by atoms with E-state index in [1.807, 2.05) is 44.1 Å². The van der Waals surface area contributed by atoms with E-state index >= 15 is 0 Å². The molecule has 1 saturated heterocycles. The standard InChI is InChI=1S/C68H83N11O21S4/c1-6-78-51-27-25-43-45(33-41(101(89,90)91)35-53(43)103(95,96)97)60(51)67(2,3)55(78)18-9-7-10-19-56-68(4,5)61-46-34-42(102(92,93)94)36-54(104(98,99)100)44(46)26-28-52(61)79(56)31-14-8-11-20-57(81)71-29-13-12-16-48-63(86)75-47(17-15-30-72-66(69)70)62(85)73-38-58(82)74-50(37-59(83)84)65(88)77-49(64(87)76-48)32-39-21-23-40(80)24-22-39/h7,9-10,18-19,21-28,33-36,47-50H,6,8,11-17,20,29-32,37-38H2,1-5H3,(H15-,69,70,71,72,73,74,75,76,77,80,81,82,83,84,85,86,87,88,89,90,91,92,93,94,95,96,97,98,99,100)/t47-,48-,49+,50-/m0/s1. The minimum Gasteiger partial charge on any atom is -0.744 e. The summed E-state index contributed by atoms with van der Waals surface area (Å²) in [6, 6.07) is 9.34. The topological polar surface area (TPSA) is 523 Å². The summed E-state index contributed by atoms with van der Waals surface area (Å²) < 4.78 is 146. The molecule has 0 aromatic heterocycles. The van der Waals surface area contributed by atoms with E-state index in [0.29, 0.717) is 84.0 Å². The highest BCUT2D eigenvalue weighted by atomic mass is 32.2. The first-order valence-electron chi connectivity index (χ1n) is 33.0. The second kappa shape index (κ2) is 32.5. The summed E-state index contributed by atoms with van der Waals surface area (Å²) in [5.74, 6) is -6.74. The molecule has 0 radical (unpaired) electrons. The molecule has 0 bridgehead atoms. The van der Waals surface area contributed by atoms with Gasteiger partial charge in [0.05, 0.1) is 33.1 Å². The Bertz CT molecular complexity index is 4900. The largest absolute Gasteiger partial charge is 0.744 e. The van der Waals surface area contributed by atoms with Crippen molar-refractivity contribution in [3.05, 3.63) is 126 Å². The van der Waals surface area contributed by atoms with Gasteiger partial charge >= 0.3 is 5.97 Å². The van der Waals surface area contributed by atoms with E-state index in [9.17, 15) is 95.7 Å². The molecular formula is C68H83N11O21S4. The van der Waals surface area contributed by atoms with E-state index in [-0.39, 0.29) is 97.2 Å². The maximum absolute atomic E-state index is 14.3. The molecule has 5 aromatic carbocycles. The van der Waals surface area contributed by atoms with E-state index in [2.05, 4.69) is 36.9 Å². The number of likely N-dealkylation sites (N-methyl/N-ethyl adjacent to an activating group) is 1. The molecular weight excluding hydrogens is 1440 g/mol. The second-order valence-corrected chi connectivity index (χ2v) is 31.8. The lowest BCUT2D eigenvalue weighted by Gasteiger charge is -2.26. The Balaban J connectivity index is 0.991. The van der Waals surface area contributed by atoms with Crippen LogP contribution >= 0.6 is 0 Å². The van der Waals surface area contributed by atoms with Gasteiger partial charge in [0.25, 0.3) is 30.4 Å². The molecule has 5 aromatic rings. The minimum absolute atomic E-state index is 0.0315. The zero-order chi connectivity index (χ0) is 76.6. The number of allylic oxidation sites excluding steroid dienone is 6. The number of carbonyl (C=O) groups excluding carboxylic acids is 6. The number of phenols is 1. The first-order chi connectivity index (χ1) is 48.6. The van der Waals surface area contributed by atoms with Gasteiger partial charge in [0.2, 0.25) is 41.1 Å². The van der Waals surface area contributed by atoms with E-state index < -0.39 is 144 Å². The van der Waals surface area contributed by atoms with Gasteiger partial charge in [0, 0.05) is 78.8 Å². The molecule has 104 heavy (non-hydrogen) atoms. The number of aliphatic carboxylic acids is 1. The molecule has 0 aliphatic carbocycles. The third-order valence-corrected chi connectivity index (χ3v) is 21.6. The Kier molecular flexibility index (Phi) is 25.0. The number of benzene rings is 5. The number of amides is 6. The molecule has 3 heterocycles. The number of nitrogens with one attached hydrogen (secondary N) is 6.